The molecule has 3 aromatic heterocycles. The molecule has 5 rings (SSSR count). The molecule has 5 aromatic rings. The van der Waals surface area contributed by atoms with Gasteiger partial charge in [0.05, 0.1) is 44.9 Å². The van der Waals surface area contributed by atoms with E-state index >= 15 is 8.78 Å². The third-order valence-electron chi connectivity index (χ3n) is 6.66. The van der Waals surface area contributed by atoms with E-state index in [1.54, 1.807) is 70.5 Å². The number of rotatable bonds is 10. The van der Waals surface area contributed by atoms with Gasteiger partial charge in [0, 0.05) is 25.2 Å². The molecule has 0 spiro atoms. The normalized spacial score (nSPS) is 12.5. The number of fused-ring (bicyclic) bond motifs is 1. The van der Waals surface area contributed by atoms with E-state index in [-0.39, 0.29) is 41.8 Å². The molecule has 0 aliphatic rings. The number of imidazole rings is 1. The highest BCUT2D eigenvalue weighted by atomic mass is 79.9. The third-order valence-corrected chi connectivity index (χ3v) is 8.11. The van der Waals surface area contributed by atoms with Crippen molar-refractivity contribution in [2.24, 2.45) is 0 Å². The first-order chi connectivity index (χ1) is 20.9. The van der Waals surface area contributed by atoms with Gasteiger partial charge in [-0.25, -0.2) is 28.5 Å². The summed E-state index contributed by atoms with van der Waals surface area (Å²) in [4.78, 5) is 26.1. The van der Waals surface area contributed by atoms with Crippen molar-refractivity contribution in [1.29, 1.82) is 0 Å². The largest absolute Gasteiger partial charge is 0.470 e. The van der Waals surface area contributed by atoms with Crippen molar-refractivity contribution in [2.75, 3.05) is 7.11 Å². The number of methoxy groups -OCH3 is 1. The van der Waals surface area contributed by atoms with Gasteiger partial charge in [-0.2, -0.15) is 0 Å². The summed E-state index contributed by atoms with van der Waals surface area (Å²) < 4.78 is 50.5. The van der Waals surface area contributed by atoms with E-state index in [1.807, 2.05) is 11.5 Å². The third kappa shape index (κ3) is 7.48. The Bertz CT molecular complexity index is 1820. The fourth-order valence-electron chi connectivity index (χ4n) is 4.53. The molecule has 0 radical (unpaired) electrons. The van der Waals surface area contributed by atoms with Gasteiger partial charge in [0.25, 0.3) is 0 Å². The molecule has 230 valence electrons. The second-order valence-electron chi connectivity index (χ2n) is 11.2. The van der Waals surface area contributed by atoms with Crippen LogP contribution in [0.4, 0.5) is 8.78 Å². The lowest BCUT2D eigenvalue weighted by Gasteiger charge is -2.19. The first kappa shape index (κ1) is 31.7. The van der Waals surface area contributed by atoms with Gasteiger partial charge in [-0.3, -0.25) is 0 Å². The molecule has 8 nitrogen and oxygen atoms in total. The van der Waals surface area contributed by atoms with Gasteiger partial charge in [0.2, 0.25) is 5.88 Å². The van der Waals surface area contributed by atoms with E-state index in [0.717, 1.165) is 14.9 Å². The summed E-state index contributed by atoms with van der Waals surface area (Å²) in [5.74, 6) is -0.926. The van der Waals surface area contributed by atoms with Crippen molar-refractivity contribution in [2.45, 2.75) is 59.0 Å². The molecule has 44 heavy (non-hydrogen) atoms. The summed E-state index contributed by atoms with van der Waals surface area (Å²) in [6.45, 7) is 7.88. The number of nitrogens with zero attached hydrogens (tertiary/aromatic N) is 4. The fraction of sp³-hybridized carbons (Fsp3) is 0.312. The first-order valence-corrected chi connectivity index (χ1v) is 15.4. The van der Waals surface area contributed by atoms with E-state index in [2.05, 4.69) is 25.9 Å². The molecular formula is C32H31BrF2N4O4S. The summed E-state index contributed by atoms with van der Waals surface area (Å²) in [5, 5.41) is 0.748. The molecular weight excluding hydrogens is 654 g/mol. The predicted octanol–water partition coefficient (Wildman–Crippen LogP) is 7.76. The average molecular weight is 686 g/mol. The minimum atomic E-state index is -0.654. The molecule has 0 aliphatic carbocycles. The molecule has 1 atom stereocenters. The van der Waals surface area contributed by atoms with E-state index in [0.29, 0.717) is 29.0 Å². The van der Waals surface area contributed by atoms with Crippen LogP contribution in [0, 0.1) is 11.6 Å². The standard InChI is InChI=1S/C32H31BrF2N4O4S/c1-18(41-5)16-39-26-12-19(31(40)43-32(2,3)4)9-10-25(26)37-28(39)13-20-11-23(35)21(14-22(20)34)24-7-6-8-29(38-24)42-17-30-36-15-27(33)44-30/h6-12,14-15,18H,13,16-17H2,1-5H3/t18-/m1/s1. The minimum Gasteiger partial charge on any atom is -0.470 e. The summed E-state index contributed by atoms with van der Waals surface area (Å²) in [6, 6.07) is 12.3. The van der Waals surface area contributed by atoms with Gasteiger partial charge in [-0.05, 0) is 85.6 Å². The van der Waals surface area contributed by atoms with Gasteiger partial charge < -0.3 is 18.8 Å². The fourth-order valence-corrected chi connectivity index (χ4v) is 5.75. The zero-order valence-electron chi connectivity index (χ0n) is 24.9. The molecule has 0 N–H and O–H groups in total. The van der Waals surface area contributed by atoms with Crippen molar-refractivity contribution >= 4 is 44.3 Å². The molecule has 0 saturated heterocycles. The van der Waals surface area contributed by atoms with E-state index < -0.39 is 23.2 Å². The molecule has 0 fully saturated rings. The molecule has 0 aliphatic heterocycles. The molecule has 3 heterocycles. The molecule has 0 amide bonds. The Morgan fingerprint density at radius 1 is 1.09 bits per heavy atom. The number of carbonyl (C=O) groups is 1. The van der Waals surface area contributed by atoms with E-state index in [4.69, 9.17) is 19.2 Å². The summed E-state index contributed by atoms with van der Waals surface area (Å²) >= 11 is 4.80. The predicted molar refractivity (Wildman–Crippen MR) is 168 cm³/mol. The summed E-state index contributed by atoms with van der Waals surface area (Å²) in [6.07, 6.45) is 1.48. The SMILES string of the molecule is CO[C@H](C)Cn1c(Cc2cc(F)c(-c3cccc(OCc4ncc(Br)s4)n3)cc2F)nc2ccc(C(=O)OC(C)(C)C)cc21. The second kappa shape index (κ2) is 13.1. The van der Waals surface area contributed by atoms with Crippen LogP contribution in [0.1, 0.15) is 54.4 Å². The second-order valence-corrected chi connectivity index (χ2v) is 13.7. The Hall–Kier alpha value is -3.74. The zero-order chi connectivity index (χ0) is 31.6. The van der Waals surface area contributed by atoms with Crippen LogP contribution in [-0.2, 0) is 29.0 Å². The van der Waals surface area contributed by atoms with Crippen LogP contribution in [0.3, 0.4) is 0 Å². The number of benzene rings is 2. The lowest BCUT2D eigenvalue weighted by molar-refractivity contribution is 0.00696. The van der Waals surface area contributed by atoms with Crippen LogP contribution in [0.25, 0.3) is 22.3 Å². The Morgan fingerprint density at radius 3 is 2.59 bits per heavy atom. The Balaban J connectivity index is 1.43. The Labute approximate surface area is 266 Å². The number of pyridine rings is 1. The van der Waals surface area contributed by atoms with Crippen molar-refractivity contribution in [3.05, 3.63) is 92.1 Å². The van der Waals surface area contributed by atoms with Gasteiger partial charge >= 0.3 is 5.97 Å². The van der Waals surface area contributed by atoms with Crippen LogP contribution >= 0.6 is 27.3 Å². The summed E-state index contributed by atoms with van der Waals surface area (Å²) in [5.41, 5.74) is 1.36. The monoisotopic (exact) mass is 684 g/mol. The van der Waals surface area contributed by atoms with Crippen molar-refractivity contribution in [3.8, 4) is 17.1 Å². The average Bonchev–Trinajstić information content (AvgIpc) is 3.54. The molecule has 12 heteroatoms. The maximum atomic E-state index is 15.6. The highest BCUT2D eigenvalue weighted by Gasteiger charge is 2.22. The highest BCUT2D eigenvalue weighted by Crippen LogP contribution is 2.29. The Kier molecular flexibility index (Phi) is 9.42. The maximum Gasteiger partial charge on any atom is 0.338 e. The number of esters is 1. The van der Waals surface area contributed by atoms with Gasteiger partial charge in [0.15, 0.2) is 0 Å². The first-order valence-electron chi connectivity index (χ1n) is 13.8. The van der Waals surface area contributed by atoms with Crippen LogP contribution in [0.5, 0.6) is 5.88 Å². The Morgan fingerprint density at radius 2 is 1.89 bits per heavy atom. The number of carbonyl (C=O) groups excluding carboxylic acids is 1. The van der Waals surface area contributed by atoms with Crippen LogP contribution in [0.2, 0.25) is 0 Å². The van der Waals surface area contributed by atoms with Crippen molar-refractivity contribution in [3.63, 3.8) is 0 Å². The van der Waals surface area contributed by atoms with Gasteiger partial charge in [-0.15, -0.1) is 11.3 Å². The smallest absolute Gasteiger partial charge is 0.338 e. The van der Waals surface area contributed by atoms with Crippen LogP contribution in [-0.4, -0.2) is 44.3 Å². The number of hydrogen-bond donors (Lipinski definition) is 0. The number of thiazole rings is 1. The lowest BCUT2D eigenvalue weighted by Crippen LogP contribution is -2.24. The highest BCUT2D eigenvalue weighted by molar-refractivity contribution is 9.11. The quantitative estimate of drug-likeness (QED) is 0.139. The summed E-state index contributed by atoms with van der Waals surface area (Å²) in [7, 11) is 1.59. The number of ether oxygens (including phenoxy) is 3. The van der Waals surface area contributed by atoms with Crippen molar-refractivity contribution in [1.82, 2.24) is 19.5 Å². The van der Waals surface area contributed by atoms with E-state index in [1.165, 1.54) is 17.4 Å². The minimum absolute atomic E-state index is 0.00979. The molecule has 0 bridgehead atoms. The van der Waals surface area contributed by atoms with E-state index in [9.17, 15) is 4.79 Å². The van der Waals surface area contributed by atoms with Crippen molar-refractivity contribution < 1.29 is 27.8 Å². The van der Waals surface area contributed by atoms with Gasteiger partial charge in [-0.1, -0.05) is 6.07 Å². The number of hydrogen-bond acceptors (Lipinski definition) is 8. The topological polar surface area (TPSA) is 88.4 Å². The number of halogens is 3. The number of aromatic nitrogens is 4. The molecule has 0 unspecified atom stereocenters. The lowest BCUT2D eigenvalue weighted by atomic mass is 10.0. The maximum absolute atomic E-state index is 15.6. The van der Waals surface area contributed by atoms with Gasteiger partial charge in [0.1, 0.15) is 34.7 Å². The zero-order valence-corrected chi connectivity index (χ0v) is 27.3. The van der Waals surface area contributed by atoms with Crippen LogP contribution < -0.4 is 4.74 Å². The van der Waals surface area contributed by atoms with Crippen LogP contribution in [0.15, 0.2) is 58.5 Å². The molecule has 2 aromatic carbocycles. The molecule has 0 saturated carbocycles.